The minimum absolute atomic E-state index is 0.150. The molecule has 4 rings (SSSR count). The number of hydroxylamine groups is 1. The van der Waals surface area contributed by atoms with Crippen LogP contribution in [0.2, 0.25) is 0 Å². The standard InChI is InChI=1S/C23H26N2O4S/c26-23(24-27)22(13-10-16-6-2-1-3-7-16)25-30(28,29)19-11-12-21-18(15-19)14-17-8-4-5-9-20(17)21/h1-3,6-7,11-12,15,22,25,27H,4-5,8-10,13-14H2,(H,24,26)/t22-/m0/s1. The van der Waals surface area contributed by atoms with Gasteiger partial charge in [-0.3, -0.25) is 10.0 Å². The van der Waals surface area contributed by atoms with E-state index in [0.29, 0.717) is 6.42 Å². The van der Waals surface area contributed by atoms with Crippen molar-refractivity contribution in [2.75, 3.05) is 0 Å². The Labute approximate surface area is 177 Å². The van der Waals surface area contributed by atoms with Gasteiger partial charge in [0.05, 0.1) is 4.90 Å². The van der Waals surface area contributed by atoms with Crippen LogP contribution in [0.5, 0.6) is 0 Å². The van der Waals surface area contributed by atoms with Gasteiger partial charge in [-0.15, -0.1) is 0 Å². The summed E-state index contributed by atoms with van der Waals surface area (Å²) in [6.45, 7) is 0. The van der Waals surface area contributed by atoms with E-state index in [1.54, 1.807) is 17.6 Å². The summed E-state index contributed by atoms with van der Waals surface area (Å²) in [5.41, 5.74) is 7.58. The average molecular weight is 427 g/mol. The first kappa shape index (κ1) is 20.8. The van der Waals surface area contributed by atoms with Crippen molar-refractivity contribution in [2.45, 2.75) is 55.9 Å². The molecule has 30 heavy (non-hydrogen) atoms. The molecular formula is C23H26N2O4S. The molecule has 0 aliphatic heterocycles. The first-order valence-electron chi connectivity index (χ1n) is 10.3. The molecular weight excluding hydrogens is 400 g/mol. The molecule has 0 fully saturated rings. The Balaban J connectivity index is 1.51. The molecule has 0 heterocycles. The molecule has 2 aromatic carbocycles. The van der Waals surface area contributed by atoms with E-state index < -0.39 is 22.0 Å². The maximum absolute atomic E-state index is 13.0. The molecule has 2 aromatic rings. The number of hydrogen-bond donors (Lipinski definition) is 3. The molecule has 0 saturated carbocycles. The zero-order valence-corrected chi connectivity index (χ0v) is 17.5. The summed E-state index contributed by atoms with van der Waals surface area (Å²) >= 11 is 0. The lowest BCUT2D eigenvalue weighted by Crippen LogP contribution is -2.46. The Kier molecular flexibility index (Phi) is 6.04. The third-order valence-electron chi connectivity index (χ3n) is 5.99. The van der Waals surface area contributed by atoms with Crippen LogP contribution in [0.3, 0.4) is 0 Å². The van der Waals surface area contributed by atoms with Crippen molar-refractivity contribution >= 4 is 21.5 Å². The van der Waals surface area contributed by atoms with Gasteiger partial charge in [-0.25, -0.2) is 13.9 Å². The van der Waals surface area contributed by atoms with Crippen LogP contribution in [0.15, 0.2) is 59.0 Å². The predicted octanol–water partition coefficient (Wildman–Crippen LogP) is 3.36. The molecule has 0 bridgehead atoms. The summed E-state index contributed by atoms with van der Waals surface area (Å²) in [6, 6.07) is 13.7. The number of sulfonamides is 1. The molecule has 0 saturated heterocycles. The average Bonchev–Trinajstić information content (AvgIpc) is 3.14. The molecule has 0 spiro atoms. The highest BCUT2D eigenvalue weighted by molar-refractivity contribution is 7.89. The monoisotopic (exact) mass is 426 g/mol. The summed E-state index contributed by atoms with van der Waals surface area (Å²) in [7, 11) is -3.91. The molecule has 0 radical (unpaired) electrons. The molecule has 1 amide bonds. The number of rotatable bonds is 7. The number of carbonyl (C=O) groups excluding carboxylic acids is 1. The topological polar surface area (TPSA) is 95.5 Å². The lowest BCUT2D eigenvalue weighted by molar-refractivity contribution is -0.131. The summed E-state index contributed by atoms with van der Waals surface area (Å²) in [5.74, 6) is -0.771. The number of benzene rings is 2. The van der Waals surface area contributed by atoms with Crippen molar-refractivity contribution in [3.05, 3.63) is 70.8 Å². The van der Waals surface area contributed by atoms with Crippen molar-refractivity contribution in [1.29, 1.82) is 0 Å². The number of nitrogens with one attached hydrogen (secondary N) is 2. The number of carbonyl (C=O) groups is 1. The van der Waals surface area contributed by atoms with Crippen LogP contribution < -0.4 is 10.2 Å². The van der Waals surface area contributed by atoms with Crippen LogP contribution in [0, 0.1) is 0 Å². The minimum atomic E-state index is -3.91. The van der Waals surface area contributed by atoms with Crippen LogP contribution in [-0.2, 0) is 27.7 Å². The van der Waals surface area contributed by atoms with Crippen LogP contribution in [0.1, 0.15) is 48.8 Å². The van der Waals surface area contributed by atoms with Gasteiger partial charge in [-0.1, -0.05) is 42.0 Å². The third-order valence-corrected chi connectivity index (χ3v) is 7.46. The molecule has 2 aliphatic carbocycles. The highest BCUT2D eigenvalue weighted by Gasteiger charge is 2.28. The fourth-order valence-electron chi connectivity index (χ4n) is 4.43. The van der Waals surface area contributed by atoms with Gasteiger partial charge < -0.3 is 0 Å². The first-order chi connectivity index (χ1) is 14.5. The second kappa shape index (κ2) is 8.71. The van der Waals surface area contributed by atoms with E-state index in [2.05, 4.69) is 4.72 Å². The van der Waals surface area contributed by atoms with Crippen molar-refractivity contribution < 1.29 is 18.4 Å². The Hall–Kier alpha value is -2.48. The van der Waals surface area contributed by atoms with Gasteiger partial charge in [0.15, 0.2) is 0 Å². The van der Waals surface area contributed by atoms with E-state index in [1.807, 2.05) is 36.4 Å². The van der Waals surface area contributed by atoms with Crippen LogP contribution in [-0.4, -0.2) is 25.6 Å². The predicted molar refractivity (Wildman–Crippen MR) is 114 cm³/mol. The number of allylic oxidation sites excluding steroid dienone is 2. The van der Waals surface area contributed by atoms with Crippen LogP contribution in [0.4, 0.5) is 0 Å². The SMILES string of the molecule is O=C(NO)[C@H](CCc1ccccc1)NS(=O)(=O)c1ccc2c(c1)CC1=C2CCCC1. The highest BCUT2D eigenvalue weighted by Crippen LogP contribution is 2.42. The fourth-order valence-corrected chi connectivity index (χ4v) is 5.71. The van der Waals surface area contributed by atoms with E-state index in [4.69, 9.17) is 5.21 Å². The number of hydrogen-bond acceptors (Lipinski definition) is 4. The third kappa shape index (κ3) is 4.33. The second-order valence-electron chi connectivity index (χ2n) is 7.96. The zero-order valence-electron chi connectivity index (χ0n) is 16.7. The Morgan fingerprint density at radius 3 is 2.60 bits per heavy atom. The number of fused-ring (bicyclic) bond motifs is 2. The Bertz CT molecular complexity index is 1080. The summed E-state index contributed by atoms with van der Waals surface area (Å²) in [5, 5.41) is 9.08. The normalized spacial score (nSPS) is 16.7. The van der Waals surface area contributed by atoms with E-state index >= 15 is 0 Å². The van der Waals surface area contributed by atoms with E-state index in [1.165, 1.54) is 24.0 Å². The maximum Gasteiger partial charge on any atom is 0.261 e. The lowest BCUT2D eigenvalue weighted by atomic mass is 9.92. The molecule has 158 valence electrons. The molecule has 6 nitrogen and oxygen atoms in total. The number of aryl methyl sites for hydroxylation is 1. The molecule has 2 aliphatic rings. The van der Waals surface area contributed by atoms with Gasteiger partial charge in [-0.2, -0.15) is 4.72 Å². The smallest absolute Gasteiger partial charge is 0.261 e. The number of amides is 1. The minimum Gasteiger partial charge on any atom is -0.289 e. The quantitative estimate of drug-likeness (QED) is 0.467. The maximum atomic E-state index is 13.0. The first-order valence-corrected chi connectivity index (χ1v) is 11.8. The van der Waals surface area contributed by atoms with E-state index in [9.17, 15) is 13.2 Å². The molecule has 7 heteroatoms. The van der Waals surface area contributed by atoms with Gasteiger partial charge in [-0.05, 0) is 79.3 Å². The second-order valence-corrected chi connectivity index (χ2v) is 9.67. The van der Waals surface area contributed by atoms with Gasteiger partial charge in [0, 0.05) is 0 Å². The molecule has 0 aromatic heterocycles. The molecule has 0 unspecified atom stereocenters. The molecule has 3 N–H and O–H groups in total. The van der Waals surface area contributed by atoms with Crippen LogP contribution in [0.25, 0.3) is 5.57 Å². The molecule has 1 atom stereocenters. The van der Waals surface area contributed by atoms with E-state index in [0.717, 1.165) is 36.0 Å². The largest absolute Gasteiger partial charge is 0.289 e. The zero-order chi connectivity index (χ0) is 21.1. The van der Waals surface area contributed by atoms with Gasteiger partial charge in [0.2, 0.25) is 10.0 Å². The highest BCUT2D eigenvalue weighted by atomic mass is 32.2. The van der Waals surface area contributed by atoms with Gasteiger partial charge >= 0.3 is 0 Å². The van der Waals surface area contributed by atoms with Crippen LogP contribution >= 0.6 is 0 Å². The lowest BCUT2D eigenvalue weighted by Gasteiger charge is -2.17. The van der Waals surface area contributed by atoms with E-state index in [-0.39, 0.29) is 11.3 Å². The summed E-state index contributed by atoms with van der Waals surface area (Å²) in [4.78, 5) is 12.3. The Morgan fingerprint density at radius 2 is 1.83 bits per heavy atom. The van der Waals surface area contributed by atoms with Gasteiger partial charge in [0.25, 0.3) is 5.91 Å². The fraction of sp³-hybridized carbons (Fsp3) is 0.348. The van der Waals surface area contributed by atoms with Crippen molar-refractivity contribution in [3.63, 3.8) is 0 Å². The van der Waals surface area contributed by atoms with Crippen molar-refractivity contribution in [3.8, 4) is 0 Å². The van der Waals surface area contributed by atoms with Crippen molar-refractivity contribution in [1.82, 2.24) is 10.2 Å². The Morgan fingerprint density at radius 1 is 1.07 bits per heavy atom. The van der Waals surface area contributed by atoms with Gasteiger partial charge in [0.1, 0.15) is 6.04 Å². The summed E-state index contributed by atoms with van der Waals surface area (Å²) < 4.78 is 28.5. The van der Waals surface area contributed by atoms with Crippen molar-refractivity contribution in [2.24, 2.45) is 0 Å². The summed E-state index contributed by atoms with van der Waals surface area (Å²) in [6.07, 6.45) is 6.06.